The molecule has 9 aromatic rings. The van der Waals surface area contributed by atoms with Gasteiger partial charge in [0, 0.05) is 44.3 Å². The van der Waals surface area contributed by atoms with Gasteiger partial charge in [-0.3, -0.25) is 9.13 Å². The summed E-state index contributed by atoms with van der Waals surface area (Å²) in [6.07, 6.45) is 0. The van der Waals surface area contributed by atoms with Crippen LogP contribution in [-0.4, -0.2) is 9.13 Å². The molecule has 238 valence electrons. The second-order valence-electron chi connectivity index (χ2n) is 13.8. The third-order valence-corrected chi connectivity index (χ3v) is 10.7. The SMILES string of the molecule is CC1(C)c2ccccc2-c2ccc(N(c3ccccc3)c3cccc4c5c6ccccc6n(-c6ccccc6)c5n(-c5ccccc5)c34)cc21. The standard InChI is InChI=1S/C47H35N3/c1-47(2)40-26-14-12-23-36(40)37-30-29-35(31-41(37)47)48(32-17-6-3-7-18-32)43-28-16-25-39-44-38-24-13-15-27-42(38)49(33-19-8-4-9-20-33)46(44)50(45(39)43)34-21-10-5-11-22-34/h3-31H,1-2H3. The smallest absolute Gasteiger partial charge is 0.131 e. The summed E-state index contributed by atoms with van der Waals surface area (Å²) in [5.74, 6) is 0. The molecule has 0 fully saturated rings. The largest absolute Gasteiger partial charge is 0.308 e. The van der Waals surface area contributed by atoms with E-state index in [-0.39, 0.29) is 5.41 Å². The van der Waals surface area contributed by atoms with Crippen molar-refractivity contribution in [3.05, 3.63) is 187 Å². The Labute approximate surface area is 291 Å². The molecule has 0 atom stereocenters. The van der Waals surface area contributed by atoms with Gasteiger partial charge in [0.05, 0.1) is 16.7 Å². The molecule has 2 heterocycles. The summed E-state index contributed by atoms with van der Waals surface area (Å²) in [7, 11) is 0. The third kappa shape index (κ3) is 4.04. The molecule has 2 aromatic heterocycles. The van der Waals surface area contributed by atoms with Crippen LogP contribution in [0.4, 0.5) is 17.1 Å². The van der Waals surface area contributed by atoms with E-state index < -0.39 is 0 Å². The Morgan fingerprint density at radius 3 is 1.82 bits per heavy atom. The van der Waals surface area contributed by atoms with E-state index in [1.54, 1.807) is 0 Å². The summed E-state index contributed by atoms with van der Waals surface area (Å²) in [6.45, 7) is 4.71. The molecule has 0 N–H and O–H groups in total. The van der Waals surface area contributed by atoms with Crippen LogP contribution in [0.1, 0.15) is 25.0 Å². The first kappa shape index (κ1) is 28.7. The van der Waals surface area contributed by atoms with Gasteiger partial charge in [-0.15, -0.1) is 0 Å². The maximum Gasteiger partial charge on any atom is 0.131 e. The molecule has 10 rings (SSSR count). The molecule has 0 bridgehead atoms. The minimum Gasteiger partial charge on any atom is -0.308 e. The minimum atomic E-state index is -0.109. The van der Waals surface area contributed by atoms with E-state index in [0.29, 0.717) is 0 Å². The topological polar surface area (TPSA) is 13.1 Å². The zero-order chi connectivity index (χ0) is 33.4. The van der Waals surface area contributed by atoms with Crippen LogP contribution < -0.4 is 4.90 Å². The zero-order valence-electron chi connectivity index (χ0n) is 28.1. The molecule has 0 saturated carbocycles. The summed E-state index contributed by atoms with van der Waals surface area (Å²) >= 11 is 0. The molecule has 0 unspecified atom stereocenters. The van der Waals surface area contributed by atoms with Crippen LogP contribution in [0.5, 0.6) is 0 Å². The van der Waals surface area contributed by atoms with Crippen LogP contribution in [0.2, 0.25) is 0 Å². The lowest BCUT2D eigenvalue weighted by atomic mass is 9.82. The lowest BCUT2D eigenvalue weighted by Gasteiger charge is -2.29. The summed E-state index contributed by atoms with van der Waals surface area (Å²) in [4.78, 5) is 2.45. The Morgan fingerprint density at radius 2 is 1.06 bits per heavy atom. The number of rotatable bonds is 5. The van der Waals surface area contributed by atoms with E-state index in [9.17, 15) is 0 Å². The van der Waals surface area contributed by atoms with E-state index in [2.05, 4.69) is 204 Å². The normalized spacial score (nSPS) is 13.2. The highest BCUT2D eigenvalue weighted by Crippen LogP contribution is 2.52. The van der Waals surface area contributed by atoms with Crippen LogP contribution in [0.3, 0.4) is 0 Å². The molecular formula is C47H35N3. The van der Waals surface area contributed by atoms with Crippen LogP contribution >= 0.6 is 0 Å². The monoisotopic (exact) mass is 641 g/mol. The Hall–Kier alpha value is -6.32. The first-order valence-corrected chi connectivity index (χ1v) is 17.4. The fourth-order valence-electron chi connectivity index (χ4n) is 8.46. The summed E-state index contributed by atoms with van der Waals surface area (Å²) in [5.41, 5.74) is 14.5. The van der Waals surface area contributed by atoms with Gasteiger partial charge in [-0.25, -0.2) is 0 Å². The molecule has 50 heavy (non-hydrogen) atoms. The molecular weight excluding hydrogens is 607 g/mol. The fraction of sp³-hybridized carbons (Fsp3) is 0.0638. The number of aromatic nitrogens is 2. The highest BCUT2D eigenvalue weighted by Gasteiger charge is 2.36. The maximum absolute atomic E-state index is 2.48. The fourth-order valence-corrected chi connectivity index (χ4v) is 8.46. The Morgan fingerprint density at radius 1 is 0.460 bits per heavy atom. The average molecular weight is 642 g/mol. The van der Waals surface area contributed by atoms with Gasteiger partial charge in [0.25, 0.3) is 0 Å². The summed E-state index contributed by atoms with van der Waals surface area (Å²) in [5, 5.41) is 3.72. The van der Waals surface area contributed by atoms with Gasteiger partial charge in [0.2, 0.25) is 0 Å². The van der Waals surface area contributed by atoms with Crippen molar-refractivity contribution in [2.45, 2.75) is 19.3 Å². The summed E-state index contributed by atoms with van der Waals surface area (Å²) in [6, 6.07) is 64.0. The lowest BCUT2D eigenvalue weighted by molar-refractivity contribution is 0.660. The van der Waals surface area contributed by atoms with Crippen LogP contribution in [0.25, 0.3) is 55.3 Å². The van der Waals surface area contributed by atoms with Crippen molar-refractivity contribution in [1.29, 1.82) is 0 Å². The van der Waals surface area contributed by atoms with Crippen molar-refractivity contribution in [3.8, 4) is 22.5 Å². The highest BCUT2D eigenvalue weighted by atomic mass is 15.2. The van der Waals surface area contributed by atoms with E-state index >= 15 is 0 Å². The number of benzene rings is 7. The molecule has 1 aliphatic carbocycles. The van der Waals surface area contributed by atoms with Crippen LogP contribution in [0, 0.1) is 0 Å². The Balaban J connectivity index is 1.33. The molecule has 1 aliphatic rings. The van der Waals surface area contributed by atoms with Crippen molar-refractivity contribution < 1.29 is 0 Å². The first-order valence-electron chi connectivity index (χ1n) is 17.4. The van der Waals surface area contributed by atoms with Gasteiger partial charge in [0.15, 0.2) is 0 Å². The molecule has 0 aliphatic heterocycles. The summed E-state index contributed by atoms with van der Waals surface area (Å²) < 4.78 is 4.92. The number of hydrogen-bond donors (Lipinski definition) is 0. The van der Waals surface area contributed by atoms with Crippen LogP contribution in [-0.2, 0) is 5.41 Å². The van der Waals surface area contributed by atoms with Crippen molar-refractivity contribution in [2.24, 2.45) is 0 Å². The first-order chi connectivity index (χ1) is 24.6. The predicted octanol–water partition coefficient (Wildman–Crippen LogP) is 12.5. The van der Waals surface area contributed by atoms with Gasteiger partial charge >= 0.3 is 0 Å². The quantitative estimate of drug-likeness (QED) is 0.182. The van der Waals surface area contributed by atoms with E-state index in [4.69, 9.17) is 0 Å². The zero-order valence-corrected chi connectivity index (χ0v) is 28.1. The Kier molecular flexibility index (Phi) is 6.22. The van der Waals surface area contributed by atoms with E-state index in [1.165, 1.54) is 49.4 Å². The number of anilines is 3. The number of para-hydroxylation sites is 5. The van der Waals surface area contributed by atoms with Gasteiger partial charge in [-0.05, 0) is 82.9 Å². The Bertz CT molecular complexity index is 2720. The molecule has 0 radical (unpaired) electrons. The second kappa shape index (κ2) is 10.8. The van der Waals surface area contributed by atoms with Crippen molar-refractivity contribution in [3.63, 3.8) is 0 Å². The van der Waals surface area contributed by atoms with E-state index in [0.717, 1.165) is 34.1 Å². The third-order valence-electron chi connectivity index (χ3n) is 10.7. The van der Waals surface area contributed by atoms with Crippen molar-refractivity contribution in [1.82, 2.24) is 9.13 Å². The maximum atomic E-state index is 2.48. The molecule has 0 amide bonds. The molecule has 3 heteroatoms. The number of hydrogen-bond acceptors (Lipinski definition) is 1. The van der Waals surface area contributed by atoms with Gasteiger partial charge in [0.1, 0.15) is 5.65 Å². The second-order valence-corrected chi connectivity index (χ2v) is 13.8. The van der Waals surface area contributed by atoms with Gasteiger partial charge < -0.3 is 4.90 Å². The molecule has 0 spiro atoms. The molecule has 0 saturated heterocycles. The van der Waals surface area contributed by atoms with Gasteiger partial charge in [-0.2, -0.15) is 0 Å². The van der Waals surface area contributed by atoms with Crippen molar-refractivity contribution >= 4 is 49.9 Å². The van der Waals surface area contributed by atoms with Crippen LogP contribution in [0.15, 0.2) is 176 Å². The molecule has 7 aromatic carbocycles. The average Bonchev–Trinajstić information content (AvgIpc) is 3.77. The van der Waals surface area contributed by atoms with Crippen molar-refractivity contribution in [2.75, 3.05) is 4.90 Å². The highest BCUT2D eigenvalue weighted by molar-refractivity contribution is 6.24. The lowest BCUT2D eigenvalue weighted by Crippen LogP contribution is -2.17. The number of nitrogens with zero attached hydrogens (tertiary/aromatic N) is 3. The molecule has 3 nitrogen and oxygen atoms in total. The minimum absolute atomic E-state index is 0.109. The number of fused-ring (bicyclic) bond motifs is 8. The predicted molar refractivity (Wildman–Crippen MR) is 210 cm³/mol. The van der Waals surface area contributed by atoms with Gasteiger partial charge in [-0.1, -0.05) is 129 Å². The van der Waals surface area contributed by atoms with E-state index in [1.807, 2.05) is 0 Å².